The second-order valence-electron chi connectivity index (χ2n) is 6.66. The number of carbonyl (C=O) groups is 1. The first-order chi connectivity index (χ1) is 12.8. The molecule has 0 spiro atoms. The molecule has 1 aliphatic carbocycles. The Bertz CT molecular complexity index is 692. The van der Waals surface area contributed by atoms with Gasteiger partial charge in [0.1, 0.15) is 0 Å². The molecule has 1 aromatic carbocycles. The Morgan fingerprint density at radius 3 is 2.70 bits per heavy atom. The Labute approximate surface area is 154 Å². The lowest BCUT2D eigenvalue weighted by atomic mass is 9.83. The van der Waals surface area contributed by atoms with Crippen LogP contribution in [0.3, 0.4) is 0 Å². The summed E-state index contributed by atoms with van der Waals surface area (Å²) in [5.74, 6) is -0.909. The fourth-order valence-corrected chi connectivity index (χ4v) is 3.77. The summed E-state index contributed by atoms with van der Waals surface area (Å²) < 4.78 is 48.9. The van der Waals surface area contributed by atoms with E-state index in [4.69, 9.17) is 24.1 Å². The van der Waals surface area contributed by atoms with Gasteiger partial charge in [0, 0.05) is 24.6 Å². The molecule has 1 saturated heterocycles. The van der Waals surface area contributed by atoms with Gasteiger partial charge >= 0.3 is 12.1 Å². The highest BCUT2D eigenvalue weighted by Crippen LogP contribution is 2.42. The molecule has 9 heteroatoms. The van der Waals surface area contributed by atoms with Gasteiger partial charge in [-0.2, -0.15) is 13.2 Å². The summed E-state index contributed by atoms with van der Waals surface area (Å²) in [6, 6.07) is 4.78. The molecule has 2 heterocycles. The molecule has 4 rings (SSSR count). The van der Waals surface area contributed by atoms with Crippen molar-refractivity contribution >= 4 is 5.97 Å². The second-order valence-corrected chi connectivity index (χ2v) is 6.66. The second kappa shape index (κ2) is 7.93. The van der Waals surface area contributed by atoms with E-state index in [0.29, 0.717) is 18.9 Å². The fourth-order valence-electron chi connectivity index (χ4n) is 3.77. The molecule has 0 amide bonds. The smallest absolute Gasteiger partial charge is 0.475 e. The van der Waals surface area contributed by atoms with E-state index in [-0.39, 0.29) is 0 Å². The maximum absolute atomic E-state index is 10.6. The Balaban J connectivity index is 0.000000260. The van der Waals surface area contributed by atoms with Crippen molar-refractivity contribution in [2.75, 3.05) is 26.5 Å². The van der Waals surface area contributed by atoms with Gasteiger partial charge in [0.05, 0.1) is 12.7 Å². The van der Waals surface area contributed by atoms with E-state index in [0.717, 1.165) is 37.5 Å². The van der Waals surface area contributed by atoms with Crippen LogP contribution in [-0.2, 0) is 22.4 Å². The zero-order chi connectivity index (χ0) is 19.6. The molecule has 0 bridgehead atoms. The van der Waals surface area contributed by atoms with Crippen molar-refractivity contribution in [3.8, 4) is 11.5 Å². The van der Waals surface area contributed by atoms with Crippen molar-refractivity contribution in [2.24, 2.45) is 0 Å². The summed E-state index contributed by atoms with van der Waals surface area (Å²) in [4.78, 5) is 11.5. The monoisotopic (exact) mass is 389 g/mol. The number of aliphatic carboxylic acids is 1. The van der Waals surface area contributed by atoms with E-state index in [1.165, 1.54) is 24.1 Å². The van der Waals surface area contributed by atoms with E-state index in [9.17, 15) is 13.2 Å². The Morgan fingerprint density at radius 2 is 2.04 bits per heavy atom. The third-order valence-electron chi connectivity index (χ3n) is 4.94. The van der Waals surface area contributed by atoms with Crippen LogP contribution < -0.4 is 9.47 Å². The van der Waals surface area contributed by atoms with Gasteiger partial charge in [-0.15, -0.1) is 0 Å². The van der Waals surface area contributed by atoms with Gasteiger partial charge in [-0.25, -0.2) is 4.79 Å². The number of carboxylic acid groups (broad SMARTS) is 1. The number of nitrogens with zero attached hydrogens (tertiary/aromatic N) is 1. The van der Waals surface area contributed by atoms with Gasteiger partial charge in [-0.3, -0.25) is 4.90 Å². The average Bonchev–Trinajstić information content (AvgIpc) is 3.10. The molecule has 1 aromatic rings. The quantitative estimate of drug-likeness (QED) is 0.839. The van der Waals surface area contributed by atoms with Gasteiger partial charge in [-0.05, 0) is 31.0 Å². The number of morpholine rings is 1. The van der Waals surface area contributed by atoms with Crippen molar-refractivity contribution in [1.29, 1.82) is 0 Å². The molecule has 0 aromatic heterocycles. The van der Waals surface area contributed by atoms with Crippen LogP contribution in [0.2, 0.25) is 0 Å². The first kappa shape index (κ1) is 19.8. The maximum Gasteiger partial charge on any atom is 0.490 e. The number of ether oxygens (including phenoxy) is 3. The molecule has 6 nitrogen and oxygen atoms in total. The summed E-state index contributed by atoms with van der Waals surface area (Å²) in [6.07, 6.45) is -1.56. The van der Waals surface area contributed by atoms with Crippen LogP contribution in [0.5, 0.6) is 11.5 Å². The molecule has 1 fully saturated rings. The first-order valence-electron chi connectivity index (χ1n) is 8.87. The number of hydrogen-bond acceptors (Lipinski definition) is 5. The van der Waals surface area contributed by atoms with E-state index in [1.54, 1.807) is 0 Å². The SMILES string of the molecule is CCCN1CCO[C@@H]2Cc3c(ccc4c3OCO4)C[C@H]21.O=C(O)C(F)(F)F. The summed E-state index contributed by atoms with van der Waals surface area (Å²) in [5, 5.41) is 7.12. The number of benzene rings is 1. The summed E-state index contributed by atoms with van der Waals surface area (Å²) in [7, 11) is 0. The van der Waals surface area contributed by atoms with Gasteiger partial charge in [0.25, 0.3) is 0 Å². The van der Waals surface area contributed by atoms with Crippen LogP contribution in [0.25, 0.3) is 0 Å². The standard InChI is InChI=1S/C16H21NO3.C2HF3O2/c1-2-5-17-6-7-18-15-9-12-11(8-13(15)17)3-4-14-16(12)20-10-19-14;3-2(4,5)1(6)7/h3-4,13,15H,2,5-10H2,1H3;(H,6,7)/t13-,15-;/m1./s1. The van der Waals surface area contributed by atoms with Crippen LogP contribution in [0, 0.1) is 0 Å². The first-order valence-corrected chi connectivity index (χ1v) is 8.87. The molecule has 1 N–H and O–H groups in total. The number of hydrogen-bond donors (Lipinski definition) is 1. The predicted molar refractivity (Wildman–Crippen MR) is 89.1 cm³/mol. The highest BCUT2D eigenvalue weighted by atomic mass is 19.4. The van der Waals surface area contributed by atoms with Crippen molar-refractivity contribution in [1.82, 2.24) is 4.90 Å². The van der Waals surface area contributed by atoms with E-state index < -0.39 is 12.1 Å². The lowest BCUT2D eigenvalue weighted by Crippen LogP contribution is -2.55. The van der Waals surface area contributed by atoms with Crippen LogP contribution in [0.15, 0.2) is 12.1 Å². The minimum Gasteiger partial charge on any atom is -0.475 e. The topological polar surface area (TPSA) is 68.2 Å². The van der Waals surface area contributed by atoms with Gasteiger partial charge in [0.2, 0.25) is 6.79 Å². The summed E-state index contributed by atoms with van der Waals surface area (Å²) in [5.41, 5.74) is 2.71. The molecule has 2 aliphatic heterocycles. The summed E-state index contributed by atoms with van der Waals surface area (Å²) >= 11 is 0. The maximum atomic E-state index is 10.6. The Morgan fingerprint density at radius 1 is 1.30 bits per heavy atom. The predicted octanol–water partition coefficient (Wildman–Crippen LogP) is 2.63. The fraction of sp³-hybridized carbons (Fsp3) is 0.611. The lowest BCUT2D eigenvalue weighted by molar-refractivity contribution is -0.192. The normalized spacial score (nSPS) is 23.7. The zero-order valence-corrected chi connectivity index (χ0v) is 14.9. The largest absolute Gasteiger partial charge is 0.490 e. The number of carboxylic acids is 1. The molecule has 3 aliphatic rings. The van der Waals surface area contributed by atoms with Crippen molar-refractivity contribution in [3.05, 3.63) is 23.3 Å². The lowest BCUT2D eigenvalue weighted by Gasteiger charge is -2.44. The van der Waals surface area contributed by atoms with E-state index >= 15 is 0 Å². The molecule has 0 unspecified atom stereocenters. The molecule has 0 radical (unpaired) electrons. The molecule has 0 saturated carbocycles. The van der Waals surface area contributed by atoms with Crippen LogP contribution >= 0.6 is 0 Å². The van der Waals surface area contributed by atoms with Gasteiger partial charge in [-0.1, -0.05) is 13.0 Å². The van der Waals surface area contributed by atoms with E-state index in [1.807, 2.05) is 0 Å². The molecular formula is C18H22F3NO5. The van der Waals surface area contributed by atoms with Gasteiger partial charge < -0.3 is 19.3 Å². The van der Waals surface area contributed by atoms with Crippen molar-refractivity contribution in [3.63, 3.8) is 0 Å². The molecule has 2 atom stereocenters. The molecule has 27 heavy (non-hydrogen) atoms. The third kappa shape index (κ3) is 4.30. The van der Waals surface area contributed by atoms with E-state index in [2.05, 4.69) is 24.0 Å². The van der Waals surface area contributed by atoms with Gasteiger partial charge in [0.15, 0.2) is 11.5 Å². The van der Waals surface area contributed by atoms with Crippen LogP contribution in [0.1, 0.15) is 24.5 Å². The highest BCUT2D eigenvalue weighted by molar-refractivity contribution is 5.73. The highest BCUT2D eigenvalue weighted by Gasteiger charge is 2.39. The molecule has 150 valence electrons. The zero-order valence-electron chi connectivity index (χ0n) is 14.9. The van der Waals surface area contributed by atoms with Crippen LogP contribution in [0.4, 0.5) is 13.2 Å². The number of fused-ring (bicyclic) bond motifs is 4. The summed E-state index contributed by atoms with van der Waals surface area (Å²) in [6.45, 7) is 5.68. The third-order valence-corrected chi connectivity index (χ3v) is 4.94. The Hall–Kier alpha value is -2.00. The van der Waals surface area contributed by atoms with Crippen LogP contribution in [-0.4, -0.2) is 60.8 Å². The van der Waals surface area contributed by atoms with Crippen molar-refractivity contribution < 1.29 is 37.3 Å². The minimum absolute atomic E-state index is 0.304. The minimum atomic E-state index is -5.08. The number of alkyl halides is 3. The van der Waals surface area contributed by atoms with Crippen molar-refractivity contribution in [2.45, 2.75) is 44.5 Å². The number of halogens is 3. The molecular weight excluding hydrogens is 367 g/mol. The average molecular weight is 389 g/mol. The Kier molecular flexibility index (Phi) is 5.81. The number of rotatable bonds is 2.